The molecule has 0 bridgehead atoms. The highest BCUT2D eigenvalue weighted by atomic mass is 19.1. The van der Waals surface area contributed by atoms with E-state index in [1.807, 2.05) is 0 Å². The van der Waals surface area contributed by atoms with E-state index in [1.54, 1.807) is 18.2 Å². The fourth-order valence-corrected chi connectivity index (χ4v) is 1.07. The lowest BCUT2D eigenvalue weighted by molar-refractivity contribution is -0.121. The quantitative estimate of drug-likeness (QED) is 0.543. The van der Waals surface area contributed by atoms with Gasteiger partial charge in [-0.3, -0.25) is 9.59 Å². The van der Waals surface area contributed by atoms with E-state index in [4.69, 9.17) is 0 Å². The van der Waals surface area contributed by atoms with Gasteiger partial charge in [0.15, 0.2) is 5.78 Å². The number of carbonyl (C=O) groups excluding carboxylic acids is 2. The number of hydrogen-bond donors (Lipinski definition) is 0. The monoisotopic (exact) mass is 194 g/mol. The van der Waals surface area contributed by atoms with Crippen LogP contribution < -0.4 is 0 Å². The van der Waals surface area contributed by atoms with Crippen LogP contribution in [-0.4, -0.2) is 17.7 Å². The SMILES string of the molecule is CCC(=O)C(F)C(=O)c1ccccc1. The van der Waals surface area contributed by atoms with Crippen LogP contribution in [0.25, 0.3) is 0 Å². The molecule has 0 aromatic heterocycles. The van der Waals surface area contributed by atoms with Crippen LogP contribution in [0.15, 0.2) is 30.3 Å². The van der Waals surface area contributed by atoms with Gasteiger partial charge in [-0.05, 0) is 0 Å². The van der Waals surface area contributed by atoms with Crippen molar-refractivity contribution in [2.24, 2.45) is 0 Å². The van der Waals surface area contributed by atoms with Gasteiger partial charge in [0.2, 0.25) is 12.0 Å². The van der Waals surface area contributed by atoms with E-state index in [0.29, 0.717) is 0 Å². The Morgan fingerprint density at radius 1 is 1.29 bits per heavy atom. The standard InChI is InChI=1S/C11H11FO2/c1-2-9(13)10(12)11(14)8-6-4-3-5-7-8/h3-7,10H,2H2,1H3. The molecular weight excluding hydrogens is 183 g/mol. The average molecular weight is 194 g/mol. The lowest BCUT2D eigenvalue weighted by Gasteiger charge is -2.04. The molecule has 0 saturated heterocycles. The summed E-state index contributed by atoms with van der Waals surface area (Å²) in [4.78, 5) is 22.3. The molecule has 14 heavy (non-hydrogen) atoms. The zero-order valence-corrected chi connectivity index (χ0v) is 7.87. The van der Waals surface area contributed by atoms with Crippen LogP contribution >= 0.6 is 0 Å². The highest BCUT2D eigenvalue weighted by molar-refractivity contribution is 6.12. The fraction of sp³-hybridized carbons (Fsp3) is 0.273. The Labute approximate surface area is 81.7 Å². The van der Waals surface area contributed by atoms with Crippen LogP contribution in [0.3, 0.4) is 0 Å². The van der Waals surface area contributed by atoms with Gasteiger partial charge in [-0.2, -0.15) is 0 Å². The molecular formula is C11H11FO2. The van der Waals surface area contributed by atoms with Gasteiger partial charge in [0.05, 0.1) is 0 Å². The van der Waals surface area contributed by atoms with Crippen LogP contribution in [0.5, 0.6) is 0 Å². The summed E-state index contributed by atoms with van der Waals surface area (Å²) in [5.74, 6) is -1.42. The minimum atomic E-state index is -2.01. The van der Waals surface area contributed by atoms with E-state index in [9.17, 15) is 14.0 Å². The first-order valence-electron chi connectivity index (χ1n) is 4.43. The van der Waals surface area contributed by atoms with Crippen molar-refractivity contribution >= 4 is 11.6 Å². The van der Waals surface area contributed by atoms with Gasteiger partial charge in [-0.15, -0.1) is 0 Å². The van der Waals surface area contributed by atoms with Gasteiger partial charge in [-0.1, -0.05) is 37.3 Å². The third-order valence-electron chi connectivity index (χ3n) is 1.92. The molecule has 0 N–H and O–H groups in total. The van der Waals surface area contributed by atoms with Crippen molar-refractivity contribution < 1.29 is 14.0 Å². The molecule has 0 amide bonds. The Morgan fingerprint density at radius 2 is 1.86 bits per heavy atom. The summed E-state index contributed by atoms with van der Waals surface area (Å²) < 4.78 is 13.2. The second-order valence-corrected chi connectivity index (χ2v) is 2.91. The Morgan fingerprint density at radius 3 is 2.36 bits per heavy atom. The smallest absolute Gasteiger partial charge is 0.220 e. The summed E-state index contributed by atoms with van der Waals surface area (Å²) in [6.07, 6.45) is -1.97. The number of carbonyl (C=O) groups is 2. The molecule has 0 radical (unpaired) electrons. The maximum Gasteiger partial charge on any atom is 0.220 e. The van der Waals surface area contributed by atoms with Gasteiger partial charge >= 0.3 is 0 Å². The third kappa shape index (κ3) is 2.25. The summed E-state index contributed by atoms with van der Waals surface area (Å²) in [6.45, 7) is 1.53. The van der Waals surface area contributed by atoms with Crippen LogP contribution in [-0.2, 0) is 4.79 Å². The molecule has 2 nitrogen and oxygen atoms in total. The number of benzene rings is 1. The first-order chi connectivity index (χ1) is 6.66. The maximum absolute atomic E-state index is 13.2. The van der Waals surface area contributed by atoms with Gasteiger partial charge in [-0.25, -0.2) is 4.39 Å². The minimum Gasteiger partial charge on any atom is -0.296 e. The van der Waals surface area contributed by atoms with E-state index in [1.165, 1.54) is 19.1 Å². The normalized spacial score (nSPS) is 12.1. The number of hydrogen-bond acceptors (Lipinski definition) is 2. The molecule has 1 atom stereocenters. The Hall–Kier alpha value is -1.51. The Bertz CT molecular complexity index is 332. The molecule has 0 spiro atoms. The van der Waals surface area contributed by atoms with Crippen LogP contribution in [0.2, 0.25) is 0 Å². The molecule has 74 valence electrons. The number of halogens is 1. The third-order valence-corrected chi connectivity index (χ3v) is 1.92. The maximum atomic E-state index is 13.2. The molecule has 0 fully saturated rings. The van der Waals surface area contributed by atoms with E-state index >= 15 is 0 Å². The Kier molecular flexibility index (Phi) is 3.51. The lowest BCUT2D eigenvalue weighted by Crippen LogP contribution is -2.25. The van der Waals surface area contributed by atoms with Gasteiger partial charge in [0.1, 0.15) is 0 Å². The predicted molar refractivity (Wildman–Crippen MR) is 51.0 cm³/mol. The molecule has 1 rings (SSSR count). The largest absolute Gasteiger partial charge is 0.296 e. The van der Waals surface area contributed by atoms with Gasteiger partial charge < -0.3 is 0 Å². The summed E-state index contributed by atoms with van der Waals surface area (Å²) >= 11 is 0. The van der Waals surface area contributed by atoms with Crippen molar-refractivity contribution in [3.8, 4) is 0 Å². The summed E-state index contributed by atoms with van der Waals surface area (Å²) in [7, 11) is 0. The van der Waals surface area contributed by atoms with E-state index < -0.39 is 17.7 Å². The summed E-state index contributed by atoms with van der Waals surface area (Å²) in [6, 6.07) is 7.99. The zero-order chi connectivity index (χ0) is 10.6. The summed E-state index contributed by atoms with van der Waals surface area (Å²) in [5.41, 5.74) is 0.238. The summed E-state index contributed by atoms with van der Waals surface area (Å²) in [5, 5.41) is 0. The molecule has 1 aromatic carbocycles. The minimum absolute atomic E-state index is 0.0414. The highest BCUT2D eigenvalue weighted by Gasteiger charge is 2.24. The van der Waals surface area contributed by atoms with Crippen molar-refractivity contribution in [1.82, 2.24) is 0 Å². The van der Waals surface area contributed by atoms with Crippen molar-refractivity contribution in [2.45, 2.75) is 19.5 Å². The molecule has 0 aliphatic heterocycles. The molecule has 0 saturated carbocycles. The Balaban J connectivity index is 2.81. The first kappa shape index (κ1) is 10.6. The molecule has 1 unspecified atom stereocenters. The lowest BCUT2D eigenvalue weighted by atomic mass is 10.0. The number of alkyl halides is 1. The zero-order valence-electron chi connectivity index (χ0n) is 7.87. The van der Waals surface area contributed by atoms with Crippen molar-refractivity contribution in [1.29, 1.82) is 0 Å². The molecule has 0 heterocycles. The first-order valence-corrected chi connectivity index (χ1v) is 4.43. The van der Waals surface area contributed by atoms with Gasteiger partial charge in [0, 0.05) is 12.0 Å². The number of rotatable bonds is 4. The highest BCUT2D eigenvalue weighted by Crippen LogP contribution is 2.08. The van der Waals surface area contributed by atoms with E-state index in [0.717, 1.165) is 0 Å². The molecule has 3 heteroatoms. The molecule has 0 aliphatic carbocycles. The van der Waals surface area contributed by atoms with Crippen molar-refractivity contribution in [2.75, 3.05) is 0 Å². The van der Waals surface area contributed by atoms with E-state index in [-0.39, 0.29) is 12.0 Å². The number of Topliss-reactive ketones (excluding diaryl/α,β-unsaturated/α-hetero) is 2. The van der Waals surface area contributed by atoms with E-state index in [2.05, 4.69) is 0 Å². The van der Waals surface area contributed by atoms with Gasteiger partial charge in [0.25, 0.3) is 0 Å². The van der Waals surface area contributed by atoms with Crippen molar-refractivity contribution in [3.05, 3.63) is 35.9 Å². The molecule has 0 aliphatic rings. The predicted octanol–water partition coefficient (Wildman–Crippen LogP) is 2.19. The topological polar surface area (TPSA) is 34.1 Å². The van der Waals surface area contributed by atoms with Crippen molar-refractivity contribution in [3.63, 3.8) is 0 Å². The second-order valence-electron chi connectivity index (χ2n) is 2.91. The van der Waals surface area contributed by atoms with Crippen LogP contribution in [0.4, 0.5) is 4.39 Å². The average Bonchev–Trinajstić information content (AvgIpc) is 2.27. The fourth-order valence-electron chi connectivity index (χ4n) is 1.07. The number of ketones is 2. The van der Waals surface area contributed by atoms with Crippen LogP contribution in [0, 0.1) is 0 Å². The second kappa shape index (κ2) is 4.65. The van der Waals surface area contributed by atoms with Crippen LogP contribution in [0.1, 0.15) is 23.7 Å². The molecule has 1 aromatic rings.